The Kier molecular flexibility index (Phi) is 5.03. The first-order valence-electron chi connectivity index (χ1n) is 8.62. The van der Waals surface area contributed by atoms with Crippen molar-refractivity contribution in [1.29, 1.82) is 0 Å². The molecule has 0 radical (unpaired) electrons. The number of nitrogens with one attached hydrogen (secondary N) is 1. The number of alkyl halides is 3. The Hall–Kier alpha value is -2.71. The maximum Gasteiger partial charge on any atom is 0.416 e. The Morgan fingerprint density at radius 1 is 1.26 bits per heavy atom. The summed E-state index contributed by atoms with van der Waals surface area (Å²) in [6.07, 6.45) is -2.56. The summed E-state index contributed by atoms with van der Waals surface area (Å²) in [6, 6.07) is 2.87. The zero-order valence-electron chi connectivity index (χ0n) is 15.4. The van der Waals surface area contributed by atoms with E-state index in [0.717, 1.165) is 38.1 Å². The van der Waals surface area contributed by atoms with Gasteiger partial charge in [0, 0.05) is 20.1 Å². The number of aromatic nitrogens is 1. The molecule has 1 aliphatic heterocycles. The molecule has 3 rings (SSSR count). The van der Waals surface area contributed by atoms with E-state index in [9.17, 15) is 18.0 Å². The van der Waals surface area contributed by atoms with E-state index in [2.05, 4.69) is 10.5 Å². The van der Waals surface area contributed by atoms with Crippen molar-refractivity contribution < 1.29 is 22.5 Å². The van der Waals surface area contributed by atoms with Crippen molar-refractivity contribution in [2.45, 2.75) is 32.9 Å². The van der Waals surface area contributed by atoms with Crippen LogP contribution in [-0.2, 0) is 6.18 Å². The molecule has 0 atom stereocenters. The second kappa shape index (κ2) is 7.13. The van der Waals surface area contributed by atoms with E-state index in [4.69, 9.17) is 4.52 Å². The normalized spacial score (nSPS) is 14.5. The number of carbonyl (C=O) groups excluding carboxylic acids is 1. The summed E-state index contributed by atoms with van der Waals surface area (Å²) in [7, 11) is 1.52. The van der Waals surface area contributed by atoms with Crippen LogP contribution in [0.25, 0.3) is 0 Å². The van der Waals surface area contributed by atoms with Crippen LogP contribution >= 0.6 is 0 Å². The van der Waals surface area contributed by atoms with Crippen molar-refractivity contribution in [2.24, 2.45) is 0 Å². The van der Waals surface area contributed by atoms with E-state index in [-0.39, 0.29) is 5.69 Å². The number of carbonyl (C=O) groups is 1. The van der Waals surface area contributed by atoms with Crippen LogP contribution in [0.15, 0.2) is 22.7 Å². The van der Waals surface area contributed by atoms with E-state index < -0.39 is 17.8 Å². The third-order valence-corrected chi connectivity index (χ3v) is 4.65. The maximum absolute atomic E-state index is 13.1. The molecule has 0 aliphatic carbocycles. The molecule has 1 aromatic heterocycles. The van der Waals surface area contributed by atoms with Crippen LogP contribution in [0.3, 0.4) is 0 Å². The molecule has 9 heteroatoms. The fourth-order valence-corrected chi connectivity index (χ4v) is 3.30. The summed E-state index contributed by atoms with van der Waals surface area (Å²) in [5, 5.41) is 6.42. The van der Waals surface area contributed by atoms with E-state index in [1.165, 1.54) is 18.0 Å². The molecule has 2 amide bonds. The number of rotatable bonds is 3. The summed E-state index contributed by atoms with van der Waals surface area (Å²) in [6.45, 7) is 4.84. The van der Waals surface area contributed by atoms with E-state index >= 15 is 0 Å². The second-order valence-electron chi connectivity index (χ2n) is 6.59. The van der Waals surface area contributed by atoms with Crippen molar-refractivity contribution in [3.63, 3.8) is 0 Å². The summed E-state index contributed by atoms with van der Waals surface area (Å²) in [4.78, 5) is 16.0. The highest BCUT2D eigenvalue weighted by atomic mass is 19.4. The lowest BCUT2D eigenvalue weighted by molar-refractivity contribution is -0.137. The van der Waals surface area contributed by atoms with Crippen molar-refractivity contribution >= 4 is 23.1 Å². The molecule has 1 N–H and O–H groups in total. The summed E-state index contributed by atoms with van der Waals surface area (Å²) in [5.74, 6) is 0.453. The van der Waals surface area contributed by atoms with Crippen LogP contribution in [0.4, 0.5) is 35.0 Å². The van der Waals surface area contributed by atoms with Crippen molar-refractivity contribution in [3.8, 4) is 0 Å². The molecule has 0 unspecified atom stereocenters. The molecule has 1 aliphatic rings. The molecule has 0 bridgehead atoms. The number of amides is 2. The van der Waals surface area contributed by atoms with Crippen LogP contribution in [0.5, 0.6) is 0 Å². The number of urea groups is 1. The average molecular weight is 382 g/mol. The quantitative estimate of drug-likeness (QED) is 0.844. The minimum Gasteiger partial charge on any atom is -0.370 e. The Morgan fingerprint density at radius 3 is 2.48 bits per heavy atom. The standard InChI is InChI=1S/C18H21F3N4O2/c1-11-16(12(2)27-23-11)24(3)17(26)22-14-10-13(18(19,20)21)6-7-15(14)25-8-4-5-9-25/h6-7,10H,4-5,8-9H2,1-3H3,(H,22,26). The van der Waals surface area contributed by atoms with Crippen LogP contribution in [0.1, 0.15) is 29.9 Å². The van der Waals surface area contributed by atoms with Gasteiger partial charge in [-0.3, -0.25) is 4.90 Å². The zero-order chi connectivity index (χ0) is 19.8. The highest BCUT2D eigenvalue weighted by molar-refractivity contribution is 6.03. The Morgan fingerprint density at radius 2 is 1.93 bits per heavy atom. The van der Waals surface area contributed by atoms with Crippen molar-refractivity contribution in [1.82, 2.24) is 5.16 Å². The molecule has 2 aromatic rings. The molecular formula is C18H21F3N4O2. The lowest BCUT2D eigenvalue weighted by Crippen LogP contribution is -2.33. The molecule has 2 heterocycles. The van der Waals surface area contributed by atoms with Gasteiger partial charge >= 0.3 is 12.2 Å². The van der Waals surface area contributed by atoms with E-state index in [1.54, 1.807) is 13.8 Å². The van der Waals surface area contributed by atoms with Crippen LogP contribution in [0.2, 0.25) is 0 Å². The molecule has 0 spiro atoms. The monoisotopic (exact) mass is 382 g/mol. The molecule has 1 aromatic carbocycles. The Bertz CT molecular complexity index is 822. The third-order valence-electron chi connectivity index (χ3n) is 4.65. The SMILES string of the molecule is Cc1noc(C)c1N(C)C(=O)Nc1cc(C(F)(F)F)ccc1N1CCCC1. The van der Waals surface area contributed by atoms with Gasteiger partial charge < -0.3 is 14.7 Å². The number of aryl methyl sites for hydroxylation is 2. The third kappa shape index (κ3) is 3.86. The first kappa shape index (κ1) is 19.1. The molecule has 1 saturated heterocycles. The lowest BCUT2D eigenvalue weighted by atomic mass is 10.1. The number of benzene rings is 1. The van der Waals surface area contributed by atoms with Crippen LogP contribution in [-0.4, -0.2) is 31.3 Å². The van der Waals surface area contributed by atoms with Gasteiger partial charge in [0.1, 0.15) is 11.4 Å². The van der Waals surface area contributed by atoms with Crippen molar-refractivity contribution in [2.75, 3.05) is 35.3 Å². The number of anilines is 3. The summed E-state index contributed by atoms with van der Waals surface area (Å²) in [5.41, 5.74) is 0.924. The van der Waals surface area contributed by atoms with Crippen LogP contribution < -0.4 is 15.1 Å². The predicted octanol–water partition coefficient (Wildman–Crippen LogP) is 4.58. The second-order valence-corrected chi connectivity index (χ2v) is 6.59. The zero-order valence-corrected chi connectivity index (χ0v) is 15.4. The topological polar surface area (TPSA) is 61.6 Å². The molecule has 146 valence electrons. The first-order chi connectivity index (χ1) is 12.7. The Balaban J connectivity index is 1.92. The number of hydrogen-bond acceptors (Lipinski definition) is 4. The first-order valence-corrected chi connectivity index (χ1v) is 8.62. The van der Waals surface area contributed by atoms with Gasteiger partial charge in [-0.2, -0.15) is 13.2 Å². The van der Waals surface area contributed by atoms with Gasteiger partial charge in [0.25, 0.3) is 0 Å². The van der Waals surface area contributed by atoms with Crippen LogP contribution in [0, 0.1) is 13.8 Å². The maximum atomic E-state index is 13.1. The summed E-state index contributed by atoms with van der Waals surface area (Å²) < 4.78 is 44.5. The molecule has 1 fully saturated rings. The fraction of sp³-hybridized carbons (Fsp3) is 0.444. The smallest absolute Gasteiger partial charge is 0.370 e. The predicted molar refractivity (Wildman–Crippen MR) is 96.3 cm³/mol. The van der Waals surface area contributed by atoms with Gasteiger partial charge in [-0.1, -0.05) is 5.16 Å². The van der Waals surface area contributed by atoms with Gasteiger partial charge in [0.2, 0.25) is 0 Å². The highest BCUT2D eigenvalue weighted by Crippen LogP contribution is 2.37. The summed E-state index contributed by atoms with van der Waals surface area (Å²) >= 11 is 0. The fourth-order valence-electron chi connectivity index (χ4n) is 3.30. The molecule has 6 nitrogen and oxygen atoms in total. The largest absolute Gasteiger partial charge is 0.416 e. The molecular weight excluding hydrogens is 361 g/mol. The van der Waals surface area contributed by atoms with E-state index in [0.29, 0.717) is 22.8 Å². The molecule has 0 saturated carbocycles. The van der Waals surface area contributed by atoms with E-state index in [1.807, 2.05) is 4.90 Å². The van der Waals surface area contributed by atoms with Gasteiger partial charge in [-0.25, -0.2) is 4.79 Å². The molecule has 27 heavy (non-hydrogen) atoms. The number of nitrogens with zero attached hydrogens (tertiary/aromatic N) is 3. The minimum absolute atomic E-state index is 0.135. The average Bonchev–Trinajstić information content (AvgIpc) is 3.23. The number of halogens is 3. The minimum atomic E-state index is -4.49. The van der Waals surface area contributed by atoms with Gasteiger partial charge in [-0.05, 0) is 44.9 Å². The van der Waals surface area contributed by atoms with Gasteiger partial charge in [0.05, 0.1) is 16.9 Å². The Labute approximate surface area is 154 Å². The lowest BCUT2D eigenvalue weighted by Gasteiger charge is -2.24. The highest BCUT2D eigenvalue weighted by Gasteiger charge is 2.32. The van der Waals surface area contributed by atoms with Crippen molar-refractivity contribution in [3.05, 3.63) is 35.2 Å². The van der Waals surface area contributed by atoms with Gasteiger partial charge in [-0.15, -0.1) is 0 Å². The number of hydrogen-bond donors (Lipinski definition) is 1. The van der Waals surface area contributed by atoms with Gasteiger partial charge in [0.15, 0.2) is 5.76 Å².